The molecule has 0 aliphatic rings. The fraction of sp³-hybridized carbons (Fsp3) is 0.182. The first-order valence-electron chi connectivity index (χ1n) is 5.12. The smallest absolute Gasteiger partial charge is 0.265 e. The molecule has 0 fully saturated rings. The van der Waals surface area contributed by atoms with E-state index in [4.69, 9.17) is 0 Å². The molecule has 88 valence electrons. The highest BCUT2D eigenvalue weighted by atomic mass is 16.1. The highest BCUT2D eigenvalue weighted by molar-refractivity contribution is 5.34. The Morgan fingerprint density at radius 3 is 2.76 bits per heavy atom. The first-order chi connectivity index (χ1) is 8.19. The minimum atomic E-state index is -0.301. The van der Waals surface area contributed by atoms with Gasteiger partial charge < -0.3 is 5.32 Å². The summed E-state index contributed by atoms with van der Waals surface area (Å²) in [6.45, 7) is 0.298. The molecular weight excluding hydrogens is 220 g/mol. The van der Waals surface area contributed by atoms with Crippen molar-refractivity contribution in [3.63, 3.8) is 0 Å². The van der Waals surface area contributed by atoms with Crippen molar-refractivity contribution in [2.24, 2.45) is 0 Å². The summed E-state index contributed by atoms with van der Waals surface area (Å²) in [6, 6.07) is 6.10. The zero-order valence-electron chi connectivity index (χ0n) is 9.30. The molecule has 0 aliphatic carbocycles. The number of aromatic nitrogens is 3. The van der Waals surface area contributed by atoms with Crippen LogP contribution >= 0.6 is 0 Å². The molecule has 2 aromatic heterocycles. The average Bonchev–Trinajstić information content (AvgIpc) is 2.35. The molecule has 0 bridgehead atoms. The van der Waals surface area contributed by atoms with E-state index in [1.165, 1.54) is 16.8 Å². The summed E-state index contributed by atoms with van der Waals surface area (Å²) in [5.74, 6) is 0.752. The van der Waals surface area contributed by atoms with E-state index in [1.54, 1.807) is 19.3 Å². The second kappa shape index (κ2) is 4.65. The van der Waals surface area contributed by atoms with Crippen molar-refractivity contribution < 1.29 is 0 Å². The number of H-pyrrole nitrogens is 1. The maximum absolute atomic E-state index is 11.5. The number of hydrogen-bond donors (Lipinski definition) is 2. The number of nitrogens with zero attached hydrogens (tertiary/aromatic N) is 2. The van der Waals surface area contributed by atoms with Gasteiger partial charge in [0.2, 0.25) is 0 Å². The molecular formula is C11H12N4O2. The van der Waals surface area contributed by atoms with E-state index >= 15 is 0 Å². The summed E-state index contributed by atoms with van der Waals surface area (Å²) in [5.41, 5.74) is 0.291. The van der Waals surface area contributed by atoms with Crippen LogP contribution in [0.5, 0.6) is 0 Å². The van der Waals surface area contributed by atoms with Crippen molar-refractivity contribution in [2.45, 2.75) is 6.54 Å². The summed E-state index contributed by atoms with van der Waals surface area (Å²) in [6.07, 6.45) is 1.66. The van der Waals surface area contributed by atoms with Crippen LogP contribution in [-0.2, 0) is 6.54 Å². The SMILES string of the molecule is CNc1ccc(Cn2[nH]c(=O)ccc2=O)cn1. The van der Waals surface area contributed by atoms with Gasteiger partial charge in [-0.2, -0.15) is 0 Å². The fourth-order valence-corrected chi connectivity index (χ4v) is 1.43. The van der Waals surface area contributed by atoms with Gasteiger partial charge in [0.25, 0.3) is 11.1 Å². The minimum absolute atomic E-state index is 0.248. The standard InChI is InChI=1S/C11H12N4O2/c1-12-9-3-2-8(6-13-9)7-15-11(17)5-4-10(16)14-15/h2-6H,7H2,1H3,(H,12,13)(H,14,16). The van der Waals surface area contributed by atoms with Crippen LogP contribution < -0.4 is 16.4 Å². The third-order valence-corrected chi connectivity index (χ3v) is 2.31. The number of rotatable bonds is 3. The zero-order chi connectivity index (χ0) is 12.3. The maximum Gasteiger partial charge on any atom is 0.265 e. The molecule has 0 spiro atoms. The summed E-state index contributed by atoms with van der Waals surface area (Å²) in [5, 5.41) is 5.36. The average molecular weight is 232 g/mol. The monoisotopic (exact) mass is 232 g/mol. The molecule has 2 rings (SSSR count). The second-order valence-corrected chi connectivity index (χ2v) is 3.54. The Bertz CT molecular complexity index is 612. The van der Waals surface area contributed by atoms with Crippen molar-refractivity contribution in [2.75, 3.05) is 12.4 Å². The van der Waals surface area contributed by atoms with Gasteiger partial charge in [-0.1, -0.05) is 6.07 Å². The van der Waals surface area contributed by atoms with E-state index < -0.39 is 0 Å². The molecule has 2 aromatic rings. The first kappa shape index (κ1) is 11.1. The van der Waals surface area contributed by atoms with E-state index in [2.05, 4.69) is 15.4 Å². The van der Waals surface area contributed by atoms with Crippen LogP contribution in [-0.4, -0.2) is 21.8 Å². The third-order valence-electron chi connectivity index (χ3n) is 2.31. The quantitative estimate of drug-likeness (QED) is 0.782. The van der Waals surface area contributed by atoms with Crippen molar-refractivity contribution in [3.8, 4) is 0 Å². The summed E-state index contributed by atoms with van der Waals surface area (Å²) >= 11 is 0. The number of pyridine rings is 1. The first-order valence-corrected chi connectivity index (χ1v) is 5.12. The van der Waals surface area contributed by atoms with E-state index in [1.807, 2.05) is 6.07 Å². The lowest BCUT2D eigenvalue weighted by molar-refractivity contribution is 0.626. The van der Waals surface area contributed by atoms with Gasteiger partial charge in [-0.3, -0.25) is 14.7 Å². The van der Waals surface area contributed by atoms with Crippen molar-refractivity contribution in [1.82, 2.24) is 14.8 Å². The lowest BCUT2D eigenvalue weighted by Crippen LogP contribution is -2.28. The molecule has 6 nitrogen and oxygen atoms in total. The highest BCUT2D eigenvalue weighted by Crippen LogP contribution is 2.04. The Hall–Kier alpha value is -2.37. The molecule has 0 saturated carbocycles. The van der Waals surface area contributed by atoms with Gasteiger partial charge in [-0.25, -0.2) is 9.67 Å². The van der Waals surface area contributed by atoms with Gasteiger partial charge in [0, 0.05) is 25.4 Å². The molecule has 17 heavy (non-hydrogen) atoms. The second-order valence-electron chi connectivity index (χ2n) is 3.54. The van der Waals surface area contributed by atoms with Crippen LogP contribution in [0.1, 0.15) is 5.56 Å². The van der Waals surface area contributed by atoms with Crippen LogP contribution in [0.25, 0.3) is 0 Å². The van der Waals surface area contributed by atoms with Gasteiger partial charge in [0.1, 0.15) is 5.82 Å². The zero-order valence-corrected chi connectivity index (χ0v) is 9.30. The van der Waals surface area contributed by atoms with Gasteiger partial charge >= 0.3 is 0 Å². The molecule has 0 atom stereocenters. The normalized spacial score (nSPS) is 10.2. The van der Waals surface area contributed by atoms with Gasteiger partial charge in [0.05, 0.1) is 6.54 Å². The predicted octanol–water partition coefficient (Wildman–Crippen LogP) is 0.0216. The Labute approximate surface area is 96.9 Å². The third kappa shape index (κ3) is 2.60. The van der Waals surface area contributed by atoms with Crippen molar-refractivity contribution in [1.29, 1.82) is 0 Å². The predicted molar refractivity (Wildman–Crippen MR) is 64.2 cm³/mol. The van der Waals surface area contributed by atoms with Crippen LogP contribution in [0.3, 0.4) is 0 Å². The summed E-state index contributed by atoms with van der Waals surface area (Å²) in [7, 11) is 1.78. The topological polar surface area (TPSA) is 79.8 Å². The summed E-state index contributed by atoms with van der Waals surface area (Å²) < 4.78 is 1.25. The molecule has 0 radical (unpaired) electrons. The number of aromatic amines is 1. The molecule has 0 unspecified atom stereocenters. The Balaban J connectivity index is 2.28. The van der Waals surface area contributed by atoms with Crippen LogP contribution in [0.15, 0.2) is 40.1 Å². The van der Waals surface area contributed by atoms with E-state index in [9.17, 15) is 9.59 Å². The van der Waals surface area contributed by atoms with Crippen LogP contribution in [0, 0.1) is 0 Å². The molecule has 0 aliphatic heterocycles. The minimum Gasteiger partial charge on any atom is -0.373 e. The molecule has 0 aromatic carbocycles. The molecule has 6 heteroatoms. The largest absolute Gasteiger partial charge is 0.373 e. The maximum atomic E-state index is 11.5. The highest BCUT2D eigenvalue weighted by Gasteiger charge is 1.99. The van der Waals surface area contributed by atoms with E-state index in [-0.39, 0.29) is 11.1 Å². The summed E-state index contributed by atoms with van der Waals surface area (Å²) in [4.78, 5) is 26.7. The number of anilines is 1. The van der Waals surface area contributed by atoms with Gasteiger partial charge in [-0.15, -0.1) is 0 Å². The van der Waals surface area contributed by atoms with E-state index in [0.29, 0.717) is 6.54 Å². The lowest BCUT2D eigenvalue weighted by Gasteiger charge is -2.05. The Morgan fingerprint density at radius 2 is 2.12 bits per heavy atom. The van der Waals surface area contributed by atoms with E-state index in [0.717, 1.165) is 11.4 Å². The Morgan fingerprint density at radius 1 is 1.29 bits per heavy atom. The molecule has 0 amide bonds. The van der Waals surface area contributed by atoms with Crippen molar-refractivity contribution >= 4 is 5.82 Å². The molecule has 0 saturated heterocycles. The number of nitrogens with one attached hydrogen (secondary N) is 2. The fourth-order valence-electron chi connectivity index (χ4n) is 1.43. The number of hydrogen-bond acceptors (Lipinski definition) is 4. The molecule has 2 N–H and O–H groups in total. The van der Waals surface area contributed by atoms with Gasteiger partial charge in [-0.05, 0) is 11.6 Å². The molecule has 2 heterocycles. The lowest BCUT2D eigenvalue weighted by atomic mass is 10.3. The van der Waals surface area contributed by atoms with Crippen molar-refractivity contribution in [3.05, 3.63) is 56.7 Å². The Kier molecular flexibility index (Phi) is 3.04. The van der Waals surface area contributed by atoms with Crippen LogP contribution in [0.4, 0.5) is 5.82 Å². The van der Waals surface area contributed by atoms with Crippen LogP contribution in [0.2, 0.25) is 0 Å². The van der Waals surface area contributed by atoms with Gasteiger partial charge in [0.15, 0.2) is 0 Å².